The first-order valence-corrected chi connectivity index (χ1v) is 13.6. The van der Waals surface area contributed by atoms with Gasteiger partial charge in [-0.1, -0.05) is 6.07 Å². The number of hydrogen-bond donors (Lipinski definition) is 4. The molecule has 6 rings (SSSR count). The molecule has 4 aromatic rings. The van der Waals surface area contributed by atoms with Crippen LogP contribution in [0, 0.1) is 5.82 Å². The second-order valence-electron chi connectivity index (χ2n) is 10.1. The summed E-state index contributed by atoms with van der Waals surface area (Å²) in [4.78, 5) is 41.7. The molecule has 1 saturated heterocycles. The summed E-state index contributed by atoms with van der Waals surface area (Å²) >= 11 is 0. The van der Waals surface area contributed by atoms with Crippen molar-refractivity contribution in [2.75, 3.05) is 55.9 Å². The van der Waals surface area contributed by atoms with Gasteiger partial charge in [0.25, 0.3) is 5.91 Å². The lowest BCUT2D eigenvalue weighted by molar-refractivity contribution is -0.128. The Bertz CT molecular complexity index is 1630. The summed E-state index contributed by atoms with van der Waals surface area (Å²) in [6, 6.07) is 10.1. The van der Waals surface area contributed by atoms with E-state index in [9.17, 15) is 14.0 Å². The van der Waals surface area contributed by atoms with Crippen molar-refractivity contribution in [2.24, 2.45) is 0 Å². The van der Waals surface area contributed by atoms with E-state index in [1.165, 1.54) is 19.2 Å². The molecular weight excluding hydrogens is 527 g/mol. The van der Waals surface area contributed by atoms with Crippen LogP contribution in [0.25, 0.3) is 11.0 Å². The van der Waals surface area contributed by atoms with Crippen LogP contribution in [0.1, 0.15) is 28.8 Å². The molecule has 12 heteroatoms. The number of carbonyl (C=O) groups excluding carboxylic acids is 2. The Morgan fingerprint density at radius 2 is 1.90 bits per heavy atom. The van der Waals surface area contributed by atoms with Crippen molar-refractivity contribution in [1.29, 1.82) is 0 Å². The number of hydrogen-bond acceptors (Lipinski definition) is 8. The smallest absolute Gasteiger partial charge is 0.256 e. The highest BCUT2D eigenvalue weighted by Crippen LogP contribution is 2.39. The number of anilines is 5. The van der Waals surface area contributed by atoms with Crippen molar-refractivity contribution >= 4 is 51.7 Å². The monoisotopic (exact) mass is 558 g/mol. The average molecular weight is 559 g/mol. The number of fused-ring (bicyclic) bond motifs is 2. The summed E-state index contributed by atoms with van der Waals surface area (Å²) in [7, 11) is 3.05. The van der Waals surface area contributed by atoms with Crippen molar-refractivity contribution in [3.8, 4) is 5.75 Å². The third-order valence-electron chi connectivity index (χ3n) is 7.56. The summed E-state index contributed by atoms with van der Waals surface area (Å²) in [5, 5.41) is 9.52. The summed E-state index contributed by atoms with van der Waals surface area (Å²) in [5.41, 5.74) is 3.41. The first kappa shape index (κ1) is 26.4. The fourth-order valence-electron chi connectivity index (χ4n) is 5.47. The van der Waals surface area contributed by atoms with Crippen LogP contribution in [0.15, 0.2) is 42.6 Å². The lowest BCUT2D eigenvalue weighted by atomic mass is 10.1. The first-order valence-electron chi connectivity index (χ1n) is 13.6. The van der Waals surface area contributed by atoms with Gasteiger partial charge in [-0.25, -0.2) is 4.39 Å². The van der Waals surface area contributed by atoms with Crippen LogP contribution in [-0.4, -0.2) is 72.0 Å². The number of nitrogens with one attached hydrogen (secondary N) is 4. The van der Waals surface area contributed by atoms with Crippen LogP contribution in [0.2, 0.25) is 0 Å². The zero-order valence-electron chi connectivity index (χ0n) is 22.9. The molecule has 0 radical (unpaired) electrons. The maximum absolute atomic E-state index is 14.6. The summed E-state index contributed by atoms with van der Waals surface area (Å²) in [5.74, 6) is 0.198. The molecule has 2 aromatic carbocycles. The second-order valence-corrected chi connectivity index (χ2v) is 10.1. The molecule has 4 heterocycles. The van der Waals surface area contributed by atoms with Crippen LogP contribution >= 0.6 is 0 Å². The third-order valence-corrected chi connectivity index (χ3v) is 7.56. The van der Waals surface area contributed by atoms with Gasteiger partial charge in [0.1, 0.15) is 23.0 Å². The maximum atomic E-state index is 14.6. The number of halogens is 1. The third kappa shape index (κ3) is 5.08. The van der Waals surface area contributed by atoms with Gasteiger partial charge in [-0.05, 0) is 55.2 Å². The molecule has 1 fully saturated rings. The highest BCUT2D eigenvalue weighted by molar-refractivity contribution is 6.01. The van der Waals surface area contributed by atoms with Crippen molar-refractivity contribution < 1.29 is 18.7 Å². The van der Waals surface area contributed by atoms with Gasteiger partial charge in [-0.2, -0.15) is 9.97 Å². The number of nitrogens with zero attached hydrogens (tertiary/aromatic N) is 4. The zero-order chi connectivity index (χ0) is 28.5. The minimum atomic E-state index is -0.650. The Morgan fingerprint density at radius 1 is 1.07 bits per heavy atom. The number of carbonyl (C=O) groups is 2. The molecule has 0 saturated carbocycles. The SMILES string of the molecule is CNC(=O)c1c(F)cccc1Nc1nc(Nc2cc3c(cc2OC)CCN3CC(=O)N2CCCC2)nc2[nH]ccc12. The number of amides is 2. The van der Waals surface area contributed by atoms with Crippen LogP contribution in [0.5, 0.6) is 5.75 Å². The number of rotatable bonds is 8. The van der Waals surface area contributed by atoms with Gasteiger partial charge in [0.05, 0.1) is 36.0 Å². The number of likely N-dealkylation sites (tertiary alicyclic amines) is 1. The van der Waals surface area contributed by atoms with Gasteiger partial charge >= 0.3 is 0 Å². The Kier molecular flexibility index (Phi) is 7.04. The molecule has 2 aliphatic rings. The number of aromatic amines is 1. The van der Waals surface area contributed by atoms with E-state index in [0.717, 1.165) is 50.1 Å². The standard InChI is InChI=1S/C29H31FN8O3/c1-31-28(40)25-19(30)6-5-7-20(25)33-27-18-8-10-32-26(18)35-29(36-27)34-21-15-22-17(14-23(21)41-2)9-13-38(22)16-24(39)37-11-3-4-12-37/h5-8,10,14-15H,3-4,9,11-13,16H2,1-2H3,(H,31,40)(H3,32,33,34,35,36). The lowest BCUT2D eigenvalue weighted by Gasteiger charge is -2.23. The predicted octanol–water partition coefficient (Wildman–Crippen LogP) is 3.94. The Balaban J connectivity index is 1.32. The maximum Gasteiger partial charge on any atom is 0.256 e. The Hall–Kier alpha value is -4.87. The van der Waals surface area contributed by atoms with E-state index in [1.54, 1.807) is 25.4 Å². The highest BCUT2D eigenvalue weighted by Gasteiger charge is 2.27. The van der Waals surface area contributed by atoms with Gasteiger partial charge in [-0.3, -0.25) is 9.59 Å². The molecule has 212 valence electrons. The van der Waals surface area contributed by atoms with E-state index >= 15 is 0 Å². The van der Waals surface area contributed by atoms with E-state index < -0.39 is 11.7 Å². The van der Waals surface area contributed by atoms with Gasteiger partial charge in [0.2, 0.25) is 11.9 Å². The summed E-state index contributed by atoms with van der Waals surface area (Å²) in [6.07, 6.45) is 4.66. The Morgan fingerprint density at radius 3 is 2.68 bits per heavy atom. The Labute approximate surface area is 236 Å². The molecule has 4 N–H and O–H groups in total. The largest absolute Gasteiger partial charge is 0.495 e. The van der Waals surface area contributed by atoms with Crippen molar-refractivity contribution in [3.63, 3.8) is 0 Å². The summed E-state index contributed by atoms with van der Waals surface area (Å²) < 4.78 is 20.3. The fraction of sp³-hybridized carbons (Fsp3) is 0.310. The number of H-pyrrole nitrogens is 1. The topological polar surface area (TPSA) is 128 Å². The molecule has 0 bridgehead atoms. The number of ether oxygens (including phenoxy) is 1. The fourth-order valence-corrected chi connectivity index (χ4v) is 5.47. The van der Waals surface area contributed by atoms with E-state index in [-0.39, 0.29) is 23.1 Å². The molecule has 0 spiro atoms. The average Bonchev–Trinajstić information content (AvgIpc) is 3.74. The molecule has 0 atom stereocenters. The minimum absolute atomic E-state index is 0.115. The molecule has 11 nitrogen and oxygen atoms in total. The van der Waals surface area contributed by atoms with Crippen LogP contribution in [0.3, 0.4) is 0 Å². The molecule has 2 aliphatic heterocycles. The number of methoxy groups -OCH3 is 1. The van der Waals surface area contributed by atoms with Crippen molar-refractivity contribution in [1.82, 2.24) is 25.2 Å². The molecule has 41 heavy (non-hydrogen) atoms. The molecule has 2 aromatic heterocycles. The normalized spacial score (nSPS) is 14.3. The van der Waals surface area contributed by atoms with Crippen LogP contribution in [0.4, 0.5) is 33.2 Å². The van der Waals surface area contributed by atoms with Crippen LogP contribution < -0.4 is 25.6 Å². The number of aromatic nitrogens is 3. The van der Waals surface area contributed by atoms with Crippen molar-refractivity contribution in [3.05, 3.63) is 59.5 Å². The molecule has 0 aliphatic carbocycles. The van der Waals surface area contributed by atoms with E-state index in [4.69, 9.17) is 4.74 Å². The van der Waals surface area contributed by atoms with Gasteiger partial charge in [0, 0.05) is 38.6 Å². The van der Waals surface area contributed by atoms with Gasteiger partial charge in [-0.15, -0.1) is 0 Å². The molecule has 2 amide bonds. The quantitative estimate of drug-likeness (QED) is 0.256. The zero-order valence-corrected chi connectivity index (χ0v) is 22.9. The minimum Gasteiger partial charge on any atom is -0.495 e. The molecular formula is C29H31FN8O3. The summed E-state index contributed by atoms with van der Waals surface area (Å²) in [6.45, 7) is 2.73. The van der Waals surface area contributed by atoms with Crippen molar-refractivity contribution in [2.45, 2.75) is 19.3 Å². The lowest BCUT2D eigenvalue weighted by Crippen LogP contribution is -2.38. The van der Waals surface area contributed by atoms with Gasteiger partial charge in [0.15, 0.2) is 0 Å². The van der Waals surface area contributed by atoms with E-state index in [2.05, 4.69) is 35.8 Å². The van der Waals surface area contributed by atoms with Crippen LogP contribution in [-0.2, 0) is 11.2 Å². The van der Waals surface area contributed by atoms with E-state index in [1.807, 2.05) is 17.0 Å². The van der Waals surface area contributed by atoms with E-state index in [0.29, 0.717) is 34.8 Å². The second kappa shape index (κ2) is 11.0. The van der Waals surface area contributed by atoms with Gasteiger partial charge < -0.3 is 35.5 Å². The molecule has 0 unspecified atom stereocenters. The highest BCUT2D eigenvalue weighted by atomic mass is 19.1. The number of benzene rings is 2. The first-order chi connectivity index (χ1) is 19.9. The predicted molar refractivity (Wildman–Crippen MR) is 155 cm³/mol.